The van der Waals surface area contributed by atoms with Gasteiger partial charge in [-0.3, -0.25) is 0 Å². The summed E-state index contributed by atoms with van der Waals surface area (Å²) < 4.78 is 5.62. The van der Waals surface area contributed by atoms with E-state index < -0.39 is 0 Å². The van der Waals surface area contributed by atoms with Crippen molar-refractivity contribution in [3.8, 4) is 5.75 Å². The van der Waals surface area contributed by atoms with Crippen LogP contribution in [0.1, 0.15) is 19.4 Å². The Morgan fingerprint density at radius 3 is 2.88 bits per heavy atom. The van der Waals surface area contributed by atoms with Gasteiger partial charge in [-0.1, -0.05) is 0 Å². The van der Waals surface area contributed by atoms with Crippen LogP contribution in [-0.4, -0.2) is 22.8 Å². The van der Waals surface area contributed by atoms with Crippen molar-refractivity contribution >= 4 is 10.9 Å². The average molecular weight is 219 g/mol. The molecule has 16 heavy (non-hydrogen) atoms. The standard InChI is InChI=1S/C13H17NO2/c1-9(2)16-11-3-4-12-10(5-6-15)8-14-13(12)7-11/h3-4,7-9,14-15H,5-6H2,1-2H3. The van der Waals surface area contributed by atoms with E-state index in [-0.39, 0.29) is 12.7 Å². The van der Waals surface area contributed by atoms with E-state index >= 15 is 0 Å². The monoisotopic (exact) mass is 219 g/mol. The first kappa shape index (κ1) is 11.0. The zero-order chi connectivity index (χ0) is 11.5. The highest BCUT2D eigenvalue weighted by atomic mass is 16.5. The van der Waals surface area contributed by atoms with Crippen LogP contribution in [0.4, 0.5) is 0 Å². The average Bonchev–Trinajstić information content (AvgIpc) is 2.61. The van der Waals surface area contributed by atoms with Crippen LogP contribution < -0.4 is 4.74 Å². The maximum Gasteiger partial charge on any atom is 0.121 e. The first-order valence-corrected chi connectivity index (χ1v) is 5.58. The lowest BCUT2D eigenvalue weighted by Gasteiger charge is -2.09. The van der Waals surface area contributed by atoms with Crippen LogP contribution in [0.3, 0.4) is 0 Å². The SMILES string of the molecule is CC(C)Oc1ccc2c(CCO)c[nH]c2c1. The first-order valence-electron chi connectivity index (χ1n) is 5.58. The number of hydrogen-bond donors (Lipinski definition) is 2. The summed E-state index contributed by atoms with van der Waals surface area (Å²) in [6.07, 6.45) is 2.81. The lowest BCUT2D eigenvalue weighted by Crippen LogP contribution is -2.05. The second kappa shape index (κ2) is 4.58. The molecule has 0 fully saturated rings. The Bertz CT molecular complexity index is 474. The highest BCUT2D eigenvalue weighted by molar-refractivity contribution is 5.84. The molecule has 0 amide bonds. The van der Waals surface area contributed by atoms with Crippen molar-refractivity contribution in [2.45, 2.75) is 26.4 Å². The molecule has 0 spiro atoms. The largest absolute Gasteiger partial charge is 0.491 e. The Balaban J connectivity index is 2.33. The molecule has 0 saturated heterocycles. The van der Waals surface area contributed by atoms with Gasteiger partial charge in [-0.15, -0.1) is 0 Å². The van der Waals surface area contributed by atoms with Crippen LogP contribution in [-0.2, 0) is 6.42 Å². The van der Waals surface area contributed by atoms with E-state index in [9.17, 15) is 0 Å². The molecule has 0 atom stereocenters. The maximum absolute atomic E-state index is 8.93. The minimum atomic E-state index is 0.178. The maximum atomic E-state index is 8.93. The number of hydrogen-bond acceptors (Lipinski definition) is 2. The molecule has 0 aliphatic rings. The van der Waals surface area contributed by atoms with Crippen LogP contribution in [0.15, 0.2) is 24.4 Å². The highest BCUT2D eigenvalue weighted by Crippen LogP contribution is 2.24. The number of aromatic amines is 1. The summed E-state index contributed by atoms with van der Waals surface area (Å²) in [6, 6.07) is 6.00. The van der Waals surface area contributed by atoms with Gasteiger partial charge in [-0.2, -0.15) is 0 Å². The van der Waals surface area contributed by atoms with Crippen molar-refractivity contribution in [3.05, 3.63) is 30.0 Å². The summed E-state index contributed by atoms with van der Waals surface area (Å²) in [7, 11) is 0. The number of aliphatic hydroxyl groups excluding tert-OH is 1. The number of rotatable bonds is 4. The number of ether oxygens (including phenoxy) is 1. The van der Waals surface area contributed by atoms with Crippen molar-refractivity contribution in [2.75, 3.05) is 6.61 Å². The predicted molar refractivity (Wildman–Crippen MR) is 64.9 cm³/mol. The van der Waals surface area contributed by atoms with Crippen LogP contribution in [0.25, 0.3) is 10.9 Å². The van der Waals surface area contributed by atoms with E-state index in [0.717, 1.165) is 22.2 Å². The molecule has 2 N–H and O–H groups in total. The fraction of sp³-hybridized carbons (Fsp3) is 0.385. The molecule has 0 unspecified atom stereocenters. The van der Waals surface area contributed by atoms with Gasteiger partial charge in [0.15, 0.2) is 0 Å². The molecule has 0 bridgehead atoms. The van der Waals surface area contributed by atoms with Gasteiger partial charge in [0, 0.05) is 29.8 Å². The van der Waals surface area contributed by atoms with Crippen molar-refractivity contribution in [3.63, 3.8) is 0 Å². The first-order chi connectivity index (χ1) is 7.70. The Hall–Kier alpha value is -1.48. The van der Waals surface area contributed by atoms with Gasteiger partial charge < -0.3 is 14.8 Å². The third kappa shape index (κ3) is 2.19. The number of H-pyrrole nitrogens is 1. The number of benzene rings is 1. The van der Waals surface area contributed by atoms with Gasteiger partial charge in [-0.05, 0) is 38.0 Å². The zero-order valence-corrected chi connectivity index (χ0v) is 9.66. The van der Waals surface area contributed by atoms with Crippen molar-refractivity contribution in [1.82, 2.24) is 4.98 Å². The van der Waals surface area contributed by atoms with Crippen LogP contribution in [0.5, 0.6) is 5.75 Å². The van der Waals surface area contributed by atoms with Gasteiger partial charge in [0.25, 0.3) is 0 Å². The molecule has 2 aromatic rings. The molecule has 3 heteroatoms. The van der Waals surface area contributed by atoms with Crippen molar-refractivity contribution < 1.29 is 9.84 Å². The van der Waals surface area contributed by atoms with Crippen molar-refractivity contribution in [1.29, 1.82) is 0 Å². The third-order valence-electron chi connectivity index (χ3n) is 2.49. The van der Waals surface area contributed by atoms with E-state index in [1.54, 1.807) is 0 Å². The Morgan fingerprint density at radius 1 is 1.38 bits per heavy atom. The summed E-state index contributed by atoms with van der Waals surface area (Å²) in [4.78, 5) is 3.20. The predicted octanol–water partition coefficient (Wildman–Crippen LogP) is 2.49. The summed E-state index contributed by atoms with van der Waals surface area (Å²) in [5, 5.41) is 10.1. The quantitative estimate of drug-likeness (QED) is 0.829. The number of aliphatic hydroxyl groups is 1. The van der Waals surface area contributed by atoms with E-state index in [0.29, 0.717) is 6.42 Å². The number of aromatic nitrogens is 1. The second-order valence-corrected chi connectivity index (χ2v) is 4.16. The number of nitrogens with one attached hydrogen (secondary N) is 1. The second-order valence-electron chi connectivity index (χ2n) is 4.16. The molecule has 1 heterocycles. The molecule has 86 valence electrons. The molecular weight excluding hydrogens is 202 g/mol. The Morgan fingerprint density at radius 2 is 2.19 bits per heavy atom. The molecule has 3 nitrogen and oxygen atoms in total. The topological polar surface area (TPSA) is 45.2 Å². The normalized spacial score (nSPS) is 11.2. The smallest absolute Gasteiger partial charge is 0.121 e. The van der Waals surface area contributed by atoms with Crippen molar-refractivity contribution in [2.24, 2.45) is 0 Å². The minimum Gasteiger partial charge on any atom is -0.491 e. The summed E-state index contributed by atoms with van der Waals surface area (Å²) in [5.41, 5.74) is 2.20. The fourth-order valence-corrected chi connectivity index (χ4v) is 1.84. The lowest BCUT2D eigenvalue weighted by molar-refractivity contribution is 0.242. The van der Waals surface area contributed by atoms with Gasteiger partial charge >= 0.3 is 0 Å². The molecule has 1 aromatic heterocycles. The Labute approximate surface area is 95.1 Å². The van der Waals surface area contributed by atoms with Gasteiger partial charge in [-0.25, -0.2) is 0 Å². The third-order valence-corrected chi connectivity index (χ3v) is 2.49. The fourth-order valence-electron chi connectivity index (χ4n) is 1.84. The molecular formula is C13H17NO2. The van der Waals surface area contributed by atoms with Crippen LogP contribution in [0.2, 0.25) is 0 Å². The minimum absolute atomic E-state index is 0.178. The lowest BCUT2D eigenvalue weighted by atomic mass is 10.1. The molecule has 0 aliphatic carbocycles. The van der Waals surface area contributed by atoms with Gasteiger partial charge in [0.05, 0.1) is 6.10 Å². The highest BCUT2D eigenvalue weighted by Gasteiger charge is 2.05. The van der Waals surface area contributed by atoms with Crippen LogP contribution in [0, 0.1) is 0 Å². The van der Waals surface area contributed by atoms with E-state index in [1.165, 1.54) is 0 Å². The molecule has 2 rings (SSSR count). The van der Waals surface area contributed by atoms with E-state index in [4.69, 9.17) is 9.84 Å². The molecule has 1 aromatic carbocycles. The van der Waals surface area contributed by atoms with Gasteiger partial charge in [0.1, 0.15) is 5.75 Å². The summed E-state index contributed by atoms with van der Waals surface area (Å²) in [5.74, 6) is 0.875. The molecule has 0 radical (unpaired) electrons. The summed E-state index contributed by atoms with van der Waals surface area (Å²) in [6.45, 7) is 4.20. The summed E-state index contributed by atoms with van der Waals surface area (Å²) >= 11 is 0. The van der Waals surface area contributed by atoms with Gasteiger partial charge in [0.2, 0.25) is 0 Å². The van der Waals surface area contributed by atoms with E-state index in [1.807, 2.05) is 38.2 Å². The molecule has 0 saturated carbocycles. The Kier molecular flexibility index (Phi) is 3.15. The van der Waals surface area contributed by atoms with Crippen LogP contribution >= 0.6 is 0 Å². The number of fused-ring (bicyclic) bond motifs is 1. The molecule has 0 aliphatic heterocycles. The van der Waals surface area contributed by atoms with E-state index in [2.05, 4.69) is 4.98 Å². The zero-order valence-electron chi connectivity index (χ0n) is 9.66.